The summed E-state index contributed by atoms with van der Waals surface area (Å²) in [4.78, 5) is 20.8. The molecular formula is C12H14N4OS. The number of carbonyl (C=O) groups is 1. The summed E-state index contributed by atoms with van der Waals surface area (Å²) in [7, 11) is 0. The van der Waals surface area contributed by atoms with Gasteiger partial charge in [0.25, 0.3) is 5.91 Å². The van der Waals surface area contributed by atoms with Crippen LogP contribution in [0.3, 0.4) is 0 Å². The Hall–Kier alpha value is -1.95. The fraction of sp³-hybridized carbons (Fsp3) is 0.250. The van der Waals surface area contributed by atoms with E-state index in [1.54, 1.807) is 11.3 Å². The molecule has 2 aromatic rings. The van der Waals surface area contributed by atoms with Crippen LogP contribution < -0.4 is 11.1 Å². The number of hydrogen-bond acceptors (Lipinski definition) is 5. The second-order valence-electron chi connectivity index (χ2n) is 3.73. The monoisotopic (exact) mass is 262 g/mol. The van der Waals surface area contributed by atoms with Crippen molar-refractivity contribution in [1.82, 2.24) is 15.3 Å². The number of anilines is 1. The van der Waals surface area contributed by atoms with Crippen LogP contribution in [0, 0.1) is 0 Å². The first-order valence-corrected chi connectivity index (χ1v) is 6.49. The smallest absolute Gasteiger partial charge is 0.271 e. The number of nitrogen functional groups attached to an aromatic ring is 1. The van der Waals surface area contributed by atoms with E-state index in [1.807, 2.05) is 5.38 Å². The highest BCUT2D eigenvalue weighted by atomic mass is 32.1. The van der Waals surface area contributed by atoms with E-state index in [9.17, 15) is 4.79 Å². The zero-order valence-electron chi connectivity index (χ0n) is 10.0. The highest BCUT2D eigenvalue weighted by molar-refractivity contribution is 7.10. The summed E-state index contributed by atoms with van der Waals surface area (Å²) in [5.74, 6) is -0.0155. The molecule has 1 amide bonds. The van der Waals surface area contributed by atoms with Crippen molar-refractivity contribution in [2.24, 2.45) is 0 Å². The maximum Gasteiger partial charge on any atom is 0.271 e. The molecule has 0 saturated heterocycles. The van der Waals surface area contributed by atoms with Crippen LogP contribution in [-0.2, 0) is 13.0 Å². The molecule has 0 radical (unpaired) electrons. The van der Waals surface area contributed by atoms with E-state index >= 15 is 0 Å². The average molecular weight is 262 g/mol. The molecule has 0 aromatic carbocycles. The molecule has 2 rings (SSSR count). The summed E-state index contributed by atoms with van der Waals surface area (Å²) in [5.41, 5.74) is 6.98. The Morgan fingerprint density at radius 3 is 3.06 bits per heavy atom. The van der Waals surface area contributed by atoms with Gasteiger partial charge in [-0.3, -0.25) is 9.78 Å². The molecule has 2 aromatic heterocycles. The van der Waals surface area contributed by atoms with Gasteiger partial charge >= 0.3 is 0 Å². The molecule has 0 atom stereocenters. The number of thiophene rings is 1. The predicted octanol–water partition coefficient (Wildman–Crippen LogP) is 1.61. The van der Waals surface area contributed by atoms with E-state index in [-0.39, 0.29) is 17.4 Å². The van der Waals surface area contributed by atoms with Gasteiger partial charge in [0.2, 0.25) is 0 Å². The molecule has 0 aliphatic heterocycles. The fourth-order valence-corrected chi connectivity index (χ4v) is 2.49. The molecule has 2 heterocycles. The quantitative estimate of drug-likeness (QED) is 0.877. The van der Waals surface area contributed by atoms with Gasteiger partial charge in [-0.05, 0) is 23.4 Å². The van der Waals surface area contributed by atoms with Crippen molar-refractivity contribution in [2.75, 3.05) is 5.73 Å². The van der Waals surface area contributed by atoms with Crippen molar-refractivity contribution >= 4 is 23.1 Å². The van der Waals surface area contributed by atoms with E-state index < -0.39 is 0 Å². The molecule has 6 heteroatoms. The number of nitrogens with two attached hydrogens (primary N) is 1. The Bertz CT molecular complexity index is 553. The van der Waals surface area contributed by atoms with Gasteiger partial charge in [-0.25, -0.2) is 4.98 Å². The van der Waals surface area contributed by atoms with E-state index in [0.29, 0.717) is 6.54 Å². The van der Waals surface area contributed by atoms with Crippen molar-refractivity contribution in [1.29, 1.82) is 0 Å². The minimum atomic E-state index is -0.259. The maximum atomic E-state index is 11.8. The molecule has 0 fully saturated rings. The largest absolute Gasteiger partial charge is 0.382 e. The van der Waals surface area contributed by atoms with E-state index in [2.05, 4.69) is 28.3 Å². The summed E-state index contributed by atoms with van der Waals surface area (Å²) in [6.45, 7) is 2.60. The van der Waals surface area contributed by atoms with Crippen molar-refractivity contribution in [3.8, 4) is 0 Å². The topological polar surface area (TPSA) is 80.9 Å². The standard InChI is InChI=1S/C12H14N4OS/c1-2-8-3-4-18-10(8)6-15-12(17)9-5-14-7-11(13)16-9/h3-5,7H,2,6H2,1H3,(H2,13,16)(H,15,17). The van der Waals surface area contributed by atoms with Gasteiger partial charge in [0.05, 0.1) is 18.9 Å². The van der Waals surface area contributed by atoms with Crippen LogP contribution in [0.5, 0.6) is 0 Å². The highest BCUT2D eigenvalue weighted by Gasteiger charge is 2.09. The van der Waals surface area contributed by atoms with Gasteiger partial charge < -0.3 is 11.1 Å². The lowest BCUT2D eigenvalue weighted by Crippen LogP contribution is -2.24. The van der Waals surface area contributed by atoms with Gasteiger partial charge in [-0.15, -0.1) is 11.3 Å². The van der Waals surface area contributed by atoms with E-state index in [4.69, 9.17) is 5.73 Å². The molecule has 3 N–H and O–H groups in total. The third-order valence-corrected chi connectivity index (χ3v) is 3.48. The number of nitrogens with zero attached hydrogens (tertiary/aromatic N) is 2. The minimum Gasteiger partial charge on any atom is -0.382 e. The molecule has 0 aliphatic rings. The van der Waals surface area contributed by atoms with Gasteiger partial charge in [0.15, 0.2) is 0 Å². The van der Waals surface area contributed by atoms with Gasteiger partial charge in [0.1, 0.15) is 11.5 Å². The number of carbonyl (C=O) groups excluding carboxylic acids is 1. The molecule has 0 spiro atoms. The SMILES string of the molecule is CCc1ccsc1CNC(=O)c1cncc(N)n1. The molecule has 0 aliphatic carbocycles. The number of nitrogens with one attached hydrogen (secondary N) is 1. The molecule has 0 unspecified atom stereocenters. The third kappa shape index (κ3) is 2.84. The first-order chi connectivity index (χ1) is 8.70. The molecule has 0 saturated carbocycles. The molecule has 0 bridgehead atoms. The van der Waals surface area contributed by atoms with Gasteiger partial charge in [-0.1, -0.05) is 6.92 Å². The zero-order chi connectivity index (χ0) is 13.0. The summed E-state index contributed by atoms with van der Waals surface area (Å²) in [5, 5.41) is 4.85. The van der Waals surface area contributed by atoms with Crippen LogP contribution in [0.15, 0.2) is 23.8 Å². The fourth-order valence-electron chi connectivity index (χ4n) is 1.58. The molecule has 5 nitrogen and oxygen atoms in total. The summed E-state index contributed by atoms with van der Waals surface area (Å²) in [6, 6.07) is 2.08. The Morgan fingerprint density at radius 2 is 2.33 bits per heavy atom. The van der Waals surface area contributed by atoms with Crippen molar-refractivity contribution < 1.29 is 4.79 Å². The zero-order valence-corrected chi connectivity index (χ0v) is 10.8. The lowest BCUT2D eigenvalue weighted by molar-refractivity contribution is 0.0946. The number of amides is 1. The van der Waals surface area contributed by atoms with Crippen LogP contribution in [0.25, 0.3) is 0 Å². The third-order valence-electron chi connectivity index (χ3n) is 2.51. The maximum absolute atomic E-state index is 11.8. The average Bonchev–Trinajstić information content (AvgIpc) is 2.83. The summed E-state index contributed by atoms with van der Waals surface area (Å²) < 4.78 is 0. The first kappa shape index (κ1) is 12.5. The van der Waals surface area contributed by atoms with Crippen LogP contribution >= 0.6 is 11.3 Å². The Balaban J connectivity index is 2.00. The summed E-state index contributed by atoms with van der Waals surface area (Å²) >= 11 is 1.64. The minimum absolute atomic E-state index is 0.240. The number of rotatable bonds is 4. The van der Waals surface area contributed by atoms with Crippen LogP contribution in [0.1, 0.15) is 27.9 Å². The first-order valence-electron chi connectivity index (χ1n) is 5.61. The van der Waals surface area contributed by atoms with E-state index in [1.165, 1.54) is 22.8 Å². The number of aryl methyl sites for hydroxylation is 1. The Labute approximate surface area is 109 Å². The van der Waals surface area contributed by atoms with Crippen LogP contribution in [0.2, 0.25) is 0 Å². The van der Waals surface area contributed by atoms with Crippen LogP contribution in [0.4, 0.5) is 5.82 Å². The van der Waals surface area contributed by atoms with Gasteiger partial charge in [0, 0.05) is 4.88 Å². The number of aromatic nitrogens is 2. The predicted molar refractivity (Wildman–Crippen MR) is 71.3 cm³/mol. The lowest BCUT2D eigenvalue weighted by Gasteiger charge is -2.05. The molecular weight excluding hydrogens is 248 g/mol. The second kappa shape index (κ2) is 5.59. The normalized spacial score (nSPS) is 10.3. The van der Waals surface area contributed by atoms with Crippen molar-refractivity contribution in [3.05, 3.63) is 40.0 Å². The Kier molecular flexibility index (Phi) is 3.88. The second-order valence-corrected chi connectivity index (χ2v) is 4.74. The summed E-state index contributed by atoms with van der Waals surface area (Å²) in [6.07, 6.45) is 3.78. The van der Waals surface area contributed by atoms with E-state index in [0.717, 1.165) is 6.42 Å². The lowest BCUT2D eigenvalue weighted by atomic mass is 10.2. The molecule has 18 heavy (non-hydrogen) atoms. The van der Waals surface area contributed by atoms with Gasteiger partial charge in [-0.2, -0.15) is 0 Å². The number of hydrogen-bond donors (Lipinski definition) is 2. The van der Waals surface area contributed by atoms with Crippen molar-refractivity contribution in [2.45, 2.75) is 19.9 Å². The highest BCUT2D eigenvalue weighted by Crippen LogP contribution is 2.16. The van der Waals surface area contributed by atoms with Crippen LogP contribution in [-0.4, -0.2) is 15.9 Å². The van der Waals surface area contributed by atoms with Crippen molar-refractivity contribution in [3.63, 3.8) is 0 Å². The molecule has 94 valence electrons. The Morgan fingerprint density at radius 1 is 1.50 bits per heavy atom.